The summed E-state index contributed by atoms with van der Waals surface area (Å²) < 4.78 is 0. The Bertz CT molecular complexity index is 170. The van der Waals surface area contributed by atoms with E-state index in [2.05, 4.69) is 24.5 Å². The molecule has 0 aromatic rings. The Morgan fingerprint density at radius 3 is 2.53 bits per heavy atom. The van der Waals surface area contributed by atoms with E-state index in [1.807, 2.05) is 0 Å². The highest BCUT2D eigenvalue weighted by atomic mass is 16.3. The Balaban J connectivity index is 0.000000583. The number of aliphatic hydroxyl groups is 1. The third kappa shape index (κ3) is 5.74. The van der Waals surface area contributed by atoms with Crippen molar-refractivity contribution >= 4 is 5.91 Å². The lowest BCUT2D eigenvalue weighted by atomic mass is 9.99. The maximum atomic E-state index is 11.1. The fourth-order valence-corrected chi connectivity index (χ4v) is 1.50. The molecular formula is C11H24N2O2. The van der Waals surface area contributed by atoms with Crippen LogP contribution in [-0.2, 0) is 4.79 Å². The molecule has 0 unspecified atom stereocenters. The molecule has 3 N–H and O–H groups in total. The van der Waals surface area contributed by atoms with Gasteiger partial charge in [-0.05, 0) is 19.9 Å². The number of aliphatic hydroxyl groups excluding tert-OH is 1. The van der Waals surface area contributed by atoms with Crippen molar-refractivity contribution in [3.05, 3.63) is 0 Å². The molecule has 1 heterocycles. The van der Waals surface area contributed by atoms with Crippen LogP contribution in [0.2, 0.25) is 0 Å². The fraction of sp³-hybridized carbons (Fsp3) is 0.909. The van der Waals surface area contributed by atoms with Crippen LogP contribution in [0, 0.1) is 5.92 Å². The Morgan fingerprint density at radius 2 is 2.20 bits per heavy atom. The van der Waals surface area contributed by atoms with Gasteiger partial charge < -0.3 is 15.7 Å². The molecule has 90 valence electrons. The Morgan fingerprint density at radius 1 is 1.60 bits per heavy atom. The average molecular weight is 216 g/mol. The van der Waals surface area contributed by atoms with Crippen LogP contribution in [0.5, 0.6) is 0 Å². The first-order valence-electron chi connectivity index (χ1n) is 5.75. The van der Waals surface area contributed by atoms with Gasteiger partial charge in [0, 0.05) is 18.5 Å². The number of hydrogen-bond acceptors (Lipinski definition) is 3. The molecule has 0 aromatic carbocycles. The smallest absolute Gasteiger partial charge is 0.223 e. The van der Waals surface area contributed by atoms with Crippen LogP contribution in [0.1, 0.15) is 33.1 Å². The number of rotatable bonds is 4. The first kappa shape index (κ1) is 14.4. The van der Waals surface area contributed by atoms with Crippen molar-refractivity contribution in [1.29, 1.82) is 0 Å². The van der Waals surface area contributed by atoms with Gasteiger partial charge in [0.15, 0.2) is 0 Å². The number of likely N-dealkylation sites (N-methyl/N-ethyl adjacent to an activating group) is 1. The summed E-state index contributed by atoms with van der Waals surface area (Å²) in [5.41, 5.74) is 0. The van der Waals surface area contributed by atoms with Gasteiger partial charge in [-0.1, -0.05) is 20.3 Å². The quantitative estimate of drug-likeness (QED) is 0.641. The predicted octanol–water partition coefficient (Wildman–Crippen LogP) is 0.509. The molecule has 0 radical (unpaired) electrons. The van der Waals surface area contributed by atoms with Crippen LogP contribution < -0.4 is 10.6 Å². The van der Waals surface area contributed by atoms with E-state index in [9.17, 15) is 4.79 Å². The summed E-state index contributed by atoms with van der Waals surface area (Å²) >= 11 is 0. The maximum Gasteiger partial charge on any atom is 0.223 e. The maximum absolute atomic E-state index is 11.1. The van der Waals surface area contributed by atoms with E-state index in [4.69, 9.17) is 5.11 Å². The Kier molecular flexibility index (Phi) is 8.33. The number of carbonyl (C=O) groups is 1. The van der Waals surface area contributed by atoms with Crippen LogP contribution in [0.25, 0.3) is 0 Å². The third-order valence-corrected chi connectivity index (χ3v) is 2.36. The van der Waals surface area contributed by atoms with E-state index in [1.165, 1.54) is 6.42 Å². The normalized spacial score (nSPS) is 21.6. The molecule has 1 fully saturated rings. The van der Waals surface area contributed by atoms with E-state index in [1.54, 1.807) is 7.05 Å². The highest BCUT2D eigenvalue weighted by Gasteiger charge is 2.26. The number of carbonyl (C=O) groups excluding carboxylic acids is 1. The van der Waals surface area contributed by atoms with Crippen LogP contribution >= 0.6 is 0 Å². The lowest BCUT2D eigenvalue weighted by molar-refractivity contribution is -0.122. The molecule has 2 atom stereocenters. The van der Waals surface area contributed by atoms with E-state index in [-0.39, 0.29) is 24.5 Å². The van der Waals surface area contributed by atoms with Crippen molar-refractivity contribution in [1.82, 2.24) is 10.6 Å². The molecule has 0 bridgehead atoms. The molecule has 0 aliphatic carbocycles. The minimum Gasteiger partial charge on any atom is -0.395 e. The van der Waals surface area contributed by atoms with Crippen molar-refractivity contribution in [3.8, 4) is 0 Å². The summed E-state index contributed by atoms with van der Waals surface area (Å²) in [6, 6.07) is 0.0545. The first-order chi connectivity index (χ1) is 7.19. The second-order valence-corrected chi connectivity index (χ2v) is 3.89. The topological polar surface area (TPSA) is 61.4 Å². The zero-order valence-electron chi connectivity index (χ0n) is 10.0. The molecule has 4 heteroatoms. The molecule has 1 aliphatic rings. The van der Waals surface area contributed by atoms with Crippen LogP contribution in [0.3, 0.4) is 0 Å². The predicted molar refractivity (Wildman–Crippen MR) is 61.6 cm³/mol. The average Bonchev–Trinajstić information content (AvgIpc) is 2.62. The summed E-state index contributed by atoms with van der Waals surface area (Å²) in [6.45, 7) is 5.13. The summed E-state index contributed by atoms with van der Waals surface area (Å²) in [5, 5.41) is 14.6. The van der Waals surface area contributed by atoms with Crippen LogP contribution in [0.4, 0.5) is 0 Å². The second-order valence-electron chi connectivity index (χ2n) is 3.89. The van der Waals surface area contributed by atoms with E-state index < -0.39 is 0 Å². The first-order valence-corrected chi connectivity index (χ1v) is 5.75. The molecule has 4 nitrogen and oxygen atoms in total. The minimum absolute atomic E-state index is 0.0545. The minimum atomic E-state index is 0.0545. The molecule has 1 amide bonds. The number of hydrogen-bond donors (Lipinski definition) is 3. The summed E-state index contributed by atoms with van der Waals surface area (Å²) in [5.74, 6) is 0.221. The fourth-order valence-electron chi connectivity index (χ4n) is 1.50. The van der Waals surface area contributed by atoms with Gasteiger partial charge in [-0.3, -0.25) is 4.79 Å². The Hall–Kier alpha value is -0.610. The monoisotopic (exact) mass is 216 g/mol. The van der Waals surface area contributed by atoms with E-state index in [0.717, 1.165) is 19.4 Å². The summed E-state index contributed by atoms with van der Waals surface area (Å²) in [7, 11) is 1.80. The number of amides is 1. The van der Waals surface area contributed by atoms with Crippen LogP contribution in [0.15, 0.2) is 0 Å². The van der Waals surface area contributed by atoms with Gasteiger partial charge in [-0.25, -0.2) is 0 Å². The standard InChI is InChI=1S/C8H16N2O2.C3H8/c1-9-7(5-11)4-6-2-3-10-8(6)12;1-3-2/h6-7,9,11H,2-5H2,1H3,(H,10,12);3H2,1-2H3/t6-,7-;/m0./s1. The molecule has 1 saturated heterocycles. The SMILES string of the molecule is CCC.CN[C@H](CO)C[C@@H]1CCNC1=O. The largest absolute Gasteiger partial charge is 0.395 e. The van der Waals surface area contributed by atoms with Crippen molar-refractivity contribution in [2.45, 2.75) is 39.2 Å². The Labute approximate surface area is 92.4 Å². The van der Waals surface area contributed by atoms with Gasteiger partial charge in [0.05, 0.1) is 6.61 Å². The van der Waals surface area contributed by atoms with Crippen molar-refractivity contribution in [3.63, 3.8) is 0 Å². The molecule has 1 rings (SSSR count). The van der Waals surface area contributed by atoms with Gasteiger partial charge in [0.1, 0.15) is 0 Å². The van der Waals surface area contributed by atoms with Crippen molar-refractivity contribution in [2.24, 2.45) is 5.92 Å². The highest BCUT2D eigenvalue weighted by molar-refractivity contribution is 5.80. The van der Waals surface area contributed by atoms with Gasteiger partial charge in [-0.15, -0.1) is 0 Å². The van der Waals surface area contributed by atoms with Crippen molar-refractivity contribution in [2.75, 3.05) is 20.2 Å². The second kappa shape index (κ2) is 8.68. The highest BCUT2D eigenvalue weighted by Crippen LogP contribution is 2.15. The summed E-state index contributed by atoms with van der Waals surface area (Å²) in [6.07, 6.45) is 2.88. The van der Waals surface area contributed by atoms with Crippen molar-refractivity contribution < 1.29 is 9.90 Å². The third-order valence-electron chi connectivity index (χ3n) is 2.36. The van der Waals surface area contributed by atoms with E-state index >= 15 is 0 Å². The molecule has 0 aromatic heterocycles. The zero-order chi connectivity index (χ0) is 11.7. The van der Waals surface area contributed by atoms with Gasteiger partial charge in [-0.2, -0.15) is 0 Å². The molecule has 1 aliphatic heterocycles. The number of nitrogens with one attached hydrogen (secondary N) is 2. The van der Waals surface area contributed by atoms with Gasteiger partial charge >= 0.3 is 0 Å². The molecular weight excluding hydrogens is 192 g/mol. The molecule has 0 spiro atoms. The van der Waals surface area contributed by atoms with Gasteiger partial charge in [0.25, 0.3) is 0 Å². The zero-order valence-corrected chi connectivity index (χ0v) is 10.0. The van der Waals surface area contributed by atoms with E-state index in [0.29, 0.717) is 0 Å². The van der Waals surface area contributed by atoms with Crippen LogP contribution in [-0.4, -0.2) is 37.3 Å². The summed E-state index contributed by atoms with van der Waals surface area (Å²) in [4.78, 5) is 11.1. The lowest BCUT2D eigenvalue weighted by Gasteiger charge is -2.15. The molecule has 0 saturated carbocycles. The lowest BCUT2D eigenvalue weighted by Crippen LogP contribution is -2.33. The molecule has 15 heavy (non-hydrogen) atoms. The van der Waals surface area contributed by atoms with Gasteiger partial charge in [0.2, 0.25) is 5.91 Å².